The Labute approximate surface area is 110 Å². The highest BCUT2D eigenvalue weighted by molar-refractivity contribution is 4.84. The summed E-state index contributed by atoms with van der Waals surface area (Å²) in [7, 11) is 2.21. The van der Waals surface area contributed by atoms with Gasteiger partial charge in [-0.2, -0.15) is 5.10 Å². The van der Waals surface area contributed by atoms with Crippen molar-refractivity contribution >= 4 is 0 Å². The normalized spacial score (nSPS) is 21.3. The van der Waals surface area contributed by atoms with E-state index in [9.17, 15) is 0 Å². The fourth-order valence-electron chi connectivity index (χ4n) is 2.65. The molecule has 18 heavy (non-hydrogen) atoms. The third-order valence-corrected chi connectivity index (χ3v) is 3.57. The number of rotatable bonds is 6. The van der Waals surface area contributed by atoms with E-state index in [1.807, 2.05) is 4.68 Å². The second-order valence-electron chi connectivity index (χ2n) is 5.30. The number of likely N-dealkylation sites (tertiary alicyclic amines) is 1. The Morgan fingerprint density at radius 2 is 2.39 bits per heavy atom. The zero-order chi connectivity index (χ0) is 12.8. The smallest absolute Gasteiger partial charge is 0.140 e. The van der Waals surface area contributed by atoms with Gasteiger partial charge in [-0.05, 0) is 45.3 Å². The van der Waals surface area contributed by atoms with Gasteiger partial charge in [-0.3, -0.25) is 0 Å². The lowest BCUT2D eigenvalue weighted by atomic mass is 9.98. The van der Waals surface area contributed by atoms with Crippen molar-refractivity contribution in [2.24, 2.45) is 5.92 Å². The van der Waals surface area contributed by atoms with Crippen molar-refractivity contribution in [1.82, 2.24) is 25.0 Å². The van der Waals surface area contributed by atoms with Gasteiger partial charge < -0.3 is 10.2 Å². The van der Waals surface area contributed by atoms with E-state index in [0.29, 0.717) is 0 Å². The molecule has 0 bridgehead atoms. The predicted octanol–water partition coefficient (Wildman–Crippen LogP) is 1.12. The minimum atomic E-state index is 0.784. The number of hydrogen-bond donors (Lipinski definition) is 1. The van der Waals surface area contributed by atoms with Crippen LogP contribution in [-0.2, 0) is 13.1 Å². The van der Waals surface area contributed by atoms with E-state index in [-0.39, 0.29) is 0 Å². The minimum absolute atomic E-state index is 0.784. The molecule has 0 amide bonds. The fraction of sp³-hybridized carbons (Fsp3) is 0.846. The average molecular weight is 251 g/mol. The fourth-order valence-corrected chi connectivity index (χ4v) is 2.65. The number of nitrogens with one attached hydrogen (secondary N) is 1. The zero-order valence-electron chi connectivity index (χ0n) is 11.6. The van der Waals surface area contributed by atoms with Crippen molar-refractivity contribution in [3.63, 3.8) is 0 Å². The van der Waals surface area contributed by atoms with E-state index in [0.717, 1.165) is 37.8 Å². The Kier molecular flexibility index (Phi) is 5.13. The van der Waals surface area contributed by atoms with E-state index < -0.39 is 0 Å². The molecule has 5 heteroatoms. The van der Waals surface area contributed by atoms with Gasteiger partial charge in [0.05, 0.1) is 6.54 Å². The van der Waals surface area contributed by atoms with Crippen molar-refractivity contribution in [3.8, 4) is 0 Å². The molecule has 1 aliphatic rings. The van der Waals surface area contributed by atoms with Crippen LogP contribution in [0.5, 0.6) is 0 Å². The molecule has 1 atom stereocenters. The van der Waals surface area contributed by atoms with Crippen LogP contribution in [0.4, 0.5) is 0 Å². The van der Waals surface area contributed by atoms with E-state index in [1.54, 1.807) is 6.33 Å². The average Bonchev–Trinajstić information content (AvgIpc) is 2.78. The number of hydrogen-bond acceptors (Lipinski definition) is 4. The summed E-state index contributed by atoms with van der Waals surface area (Å²) in [5.74, 6) is 1.84. The lowest BCUT2D eigenvalue weighted by Gasteiger charge is -2.29. The summed E-state index contributed by atoms with van der Waals surface area (Å²) in [5.41, 5.74) is 0. The summed E-state index contributed by atoms with van der Waals surface area (Å²) in [5, 5.41) is 7.77. The molecule has 5 nitrogen and oxygen atoms in total. The highest BCUT2D eigenvalue weighted by Crippen LogP contribution is 2.13. The summed E-state index contributed by atoms with van der Waals surface area (Å²) in [4.78, 5) is 6.74. The van der Waals surface area contributed by atoms with Crippen molar-refractivity contribution in [2.45, 2.75) is 39.3 Å². The van der Waals surface area contributed by atoms with Crippen molar-refractivity contribution in [3.05, 3.63) is 12.2 Å². The molecule has 0 aliphatic carbocycles. The van der Waals surface area contributed by atoms with E-state index in [1.165, 1.54) is 25.9 Å². The van der Waals surface area contributed by atoms with Crippen LogP contribution >= 0.6 is 0 Å². The second kappa shape index (κ2) is 6.85. The van der Waals surface area contributed by atoms with E-state index >= 15 is 0 Å². The van der Waals surface area contributed by atoms with Gasteiger partial charge in [-0.1, -0.05) is 6.92 Å². The lowest BCUT2D eigenvalue weighted by molar-refractivity contribution is 0.205. The van der Waals surface area contributed by atoms with Gasteiger partial charge >= 0.3 is 0 Å². The number of piperidine rings is 1. The van der Waals surface area contributed by atoms with Gasteiger partial charge in [0, 0.05) is 13.1 Å². The molecule has 1 aromatic rings. The molecular weight excluding hydrogens is 226 g/mol. The van der Waals surface area contributed by atoms with Crippen molar-refractivity contribution < 1.29 is 0 Å². The summed E-state index contributed by atoms with van der Waals surface area (Å²) in [6.07, 6.45) is 5.43. The Balaban J connectivity index is 1.72. The minimum Gasteiger partial charge on any atom is -0.310 e. The van der Waals surface area contributed by atoms with Gasteiger partial charge in [0.15, 0.2) is 0 Å². The van der Waals surface area contributed by atoms with Crippen LogP contribution in [0, 0.1) is 5.92 Å². The SMILES string of the molecule is CCCn1ncnc1CNCC1CCCN(C)C1. The van der Waals surface area contributed by atoms with Crippen LogP contribution in [0.3, 0.4) is 0 Å². The quantitative estimate of drug-likeness (QED) is 0.823. The Morgan fingerprint density at radius 3 is 3.17 bits per heavy atom. The van der Waals surface area contributed by atoms with E-state index in [2.05, 4.69) is 34.3 Å². The maximum Gasteiger partial charge on any atom is 0.140 e. The Bertz CT molecular complexity index is 349. The lowest BCUT2D eigenvalue weighted by Crippen LogP contribution is -2.37. The van der Waals surface area contributed by atoms with Crippen LogP contribution in [0.15, 0.2) is 6.33 Å². The van der Waals surface area contributed by atoms with Crippen LogP contribution in [0.1, 0.15) is 32.0 Å². The van der Waals surface area contributed by atoms with Crippen LogP contribution in [0.25, 0.3) is 0 Å². The topological polar surface area (TPSA) is 46.0 Å². The third-order valence-electron chi connectivity index (χ3n) is 3.57. The van der Waals surface area contributed by atoms with Gasteiger partial charge in [-0.15, -0.1) is 0 Å². The molecule has 0 radical (unpaired) electrons. The summed E-state index contributed by atoms with van der Waals surface area (Å²) in [6.45, 7) is 7.51. The van der Waals surface area contributed by atoms with Gasteiger partial charge in [0.25, 0.3) is 0 Å². The molecule has 1 saturated heterocycles. The number of aryl methyl sites for hydroxylation is 1. The van der Waals surface area contributed by atoms with Gasteiger partial charge in [0.2, 0.25) is 0 Å². The molecule has 0 spiro atoms. The highest BCUT2D eigenvalue weighted by Gasteiger charge is 2.16. The molecule has 1 unspecified atom stereocenters. The molecular formula is C13H25N5. The molecule has 1 fully saturated rings. The first-order valence-electron chi connectivity index (χ1n) is 7.05. The monoisotopic (exact) mass is 251 g/mol. The first kappa shape index (κ1) is 13.5. The maximum absolute atomic E-state index is 4.31. The molecule has 2 heterocycles. The van der Waals surface area contributed by atoms with Crippen LogP contribution < -0.4 is 5.32 Å². The largest absolute Gasteiger partial charge is 0.310 e. The highest BCUT2D eigenvalue weighted by atomic mass is 15.3. The molecule has 2 rings (SSSR count). The summed E-state index contributed by atoms with van der Waals surface area (Å²) >= 11 is 0. The predicted molar refractivity (Wildman–Crippen MR) is 72.2 cm³/mol. The molecule has 0 saturated carbocycles. The van der Waals surface area contributed by atoms with Crippen molar-refractivity contribution in [2.75, 3.05) is 26.7 Å². The summed E-state index contributed by atoms with van der Waals surface area (Å²) in [6, 6.07) is 0. The number of aromatic nitrogens is 3. The van der Waals surface area contributed by atoms with Crippen LogP contribution in [-0.4, -0.2) is 46.3 Å². The first-order valence-corrected chi connectivity index (χ1v) is 7.05. The molecule has 1 aromatic heterocycles. The molecule has 1 N–H and O–H groups in total. The number of nitrogens with zero attached hydrogens (tertiary/aromatic N) is 4. The maximum atomic E-state index is 4.31. The third kappa shape index (κ3) is 3.78. The van der Waals surface area contributed by atoms with Crippen LogP contribution in [0.2, 0.25) is 0 Å². The molecule has 0 aromatic carbocycles. The van der Waals surface area contributed by atoms with Crippen molar-refractivity contribution in [1.29, 1.82) is 0 Å². The zero-order valence-corrected chi connectivity index (χ0v) is 11.6. The molecule has 1 aliphatic heterocycles. The van der Waals surface area contributed by atoms with E-state index in [4.69, 9.17) is 0 Å². The Hall–Kier alpha value is -0.940. The summed E-state index contributed by atoms with van der Waals surface area (Å²) < 4.78 is 2.00. The van der Waals surface area contributed by atoms with Gasteiger partial charge in [-0.25, -0.2) is 9.67 Å². The standard InChI is InChI=1S/C13H25N5/c1-3-6-18-13(15-11-16-18)9-14-8-12-5-4-7-17(2)10-12/h11-12,14H,3-10H2,1-2H3. The Morgan fingerprint density at radius 1 is 1.50 bits per heavy atom. The van der Waals surface area contributed by atoms with Gasteiger partial charge in [0.1, 0.15) is 12.2 Å². The first-order chi connectivity index (χ1) is 8.79. The molecule has 102 valence electrons. The second-order valence-corrected chi connectivity index (χ2v) is 5.30.